The number of allylic oxidation sites excluding steroid dienone is 1. The third-order valence-electron chi connectivity index (χ3n) is 3.04. The van der Waals surface area contributed by atoms with Gasteiger partial charge in [0.15, 0.2) is 0 Å². The molecule has 26 heavy (non-hydrogen) atoms. The Morgan fingerprint density at radius 1 is 1.08 bits per heavy atom. The van der Waals surface area contributed by atoms with E-state index in [-0.39, 0.29) is 11.3 Å². The number of amides is 1. The number of carbonyl (C=O) groups excluding carboxylic acids is 2. The lowest BCUT2D eigenvalue weighted by Gasteiger charge is -2.26. The average Bonchev–Trinajstić information content (AvgIpc) is 2.57. The Balaban J connectivity index is 0.00000301. The molecule has 0 N–H and O–H groups in total. The minimum absolute atomic E-state index is 0.108. The summed E-state index contributed by atoms with van der Waals surface area (Å²) in [6.45, 7) is 10.7. The van der Waals surface area contributed by atoms with Crippen molar-refractivity contribution in [2.45, 2.75) is 47.1 Å². The molecule has 0 atom stereocenters. The van der Waals surface area contributed by atoms with Gasteiger partial charge in [-0.05, 0) is 39.8 Å². The quantitative estimate of drug-likeness (QED) is 0.701. The van der Waals surface area contributed by atoms with E-state index in [1.807, 2.05) is 13.8 Å². The van der Waals surface area contributed by atoms with E-state index in [1.165, 1.54) is 13.1 Å². The molecule has 0 aromatic heterocycles. The van der Waals surface area contributed by atoms with Crippen LogP contribution in [0.1, 0.15) is 57.5 Å². The number of hydrogen-bond donors (Lipinski definition) is 0. The summed E-state index contributed by atoms with van der Waals surface area (Å²) in [6, 6.07) is 1.58. The first-order valence-corrected chi connectivity index (χ1v) is 8.22. The van der Waals surface area contributed by atoms with E-state index < -0.39 is 34.9 Å². The first-order valence-electron chi connectivity index (χ1n) is 8.22. The molecule has 0 aliphatic carbocycles. The number of halogens is 2. The molecule has 1 amide bonds. The smallest absolute Gasteiger partial charge is 0.414 e. The normalized spacial score (nSPS) is 11.2. The molecule has 0 unspecified atom stereocenters. The second-order valence-electron chi connectivity index (χ2n) is 6.02. The molecule has 1 rings (SSSR count). The number of hydrogen-bond acceptors (Lipinski definition) is 4. The highest BCUT2D eigenvalue weighted by Gasteiger charge is 2.25. The lowest BCUT2D eigenvalue weighted by Crippen LogP contribution is -2.33. The SMILES string of the molecule is C/C=C(/c1cc(F)c(C(=O)OC)cc1F)N(C)C(=O)OC(C)(C)C.CC. The van der Waals surface area contributed by atoms with Crippen LogP contribution in [0.3, 0.4) is 0 Å². The van der Waals surface area contributed by atoms with Crippen molar-refractivity contribution in [3.8, 4) is 0 Å². The molecule has 0 heterocycles. The lowest BCUT2D eigenvalue weighted by molar-refractivity contribution is 0.0386. The van der Waals surface area contributed by atoms with Crippen LogP contribution in [0.5, 0.6) is 0 Å². The summed E-state index contributed by atoms with van der Waals surface area (Å²) < 4.78 is 38.0. The van der Waals surface area contributed by atoms with Crippen LogP contribution in [-0.2, 0) is 9.47 Å². The zero-order chi connectivity index (χ0) is 20.7. The zero-order valence-electron chi connectivity index (χ0n) is 16.6. The van der Waals surface area contributed by atoms with Crippen molar-refractivity contribution in [1.29, 1.82) is 0 Å². The van der Waals surface area contributed by atoms with Crippen molar-refractivity contribution in [3.63, 3.8) is 0 Å². The summed E-state index contributed by atoms with van der Waals surface area (Å²) >= 11 is 0. The van der Waals surface area contributed by atoms with E-state index in [0.29, 0.717) is 0 Å². The third kappa shape index (κ3) is 6.13. The van der Waals surface area contributed by atoms with E-state index in [1.54, 1.807) is 27.7 Å². The minimum atomic E-state index is -0.986. The van der Waals surface area contributed by atoms with Crippen LogP contribution < -0.4 is 0 Å². The van der Waals surface area contributed by atoms with Gasteiger partial charge in [0.25, 0.3) is 0 Å². The maximum atomic E-state index is 14.3. The van der Waals surface area contributed by atoms with Crippen molar-refractivity contribution in [1.82, 2.24) is 4.90 Å². The number of esters is 1. The van der Waals surface area contributed by atoms with Crippen molar-refractivity contribution in [3.05, 3.63) is 41.0 Å². The lowest BCUT2D eigenvalue weighted by atomic mass is 10.1. The number of nitrogens with zero attached hydrogens (tertiary/aromatic N) is 1. The number of methoxy groups -OCH3 is 1. The Bertz CT molecular complexity index is 679. The summed E-state index contributed by atoms with van der Waals surface area (Å²) in [6.07, 6.45) is 0.729. The average molecular weight is 371 g/mol. The maximum Gasteiger partial charge on any atom is 0.414 e. The minimum Gasteiger partial charge on any atom is -0.465 e. The Labute approximate surface area is 153 Å². The molecule has 7 heteroatoms. The molecule has 0 fully saturated rings. The Hall–Kier alpha value is -2.44. The fraction of sp³-hybridized carbons (Fsp3) is 0.474. The van der Waals surface area contributed by atoms with Gasteiger partial charge in [0.2, 0.25) is 0 Å². The fourth-order valence-corrected chi connectivity index (χ4v) is 1.97. The summed E-state index contributed by atoms with van der Waals surface area (Å²) in [5.41, 5.74) is -1.31. The Morgan fingerprint density at radius 2 is 1.54 bits per heavy atom. The van der Waals surface area contributed by atoms with Crippen LogP contribution in [-0.4, -0.2) is 36.7 Å². The number of carbonyl (C=O) groups is 2. The standard InChI is InChI=1S/C17H21F2NO4.C2H6/c1-7-14(20(5)16(22)24-17(2,3)4)10-8-13(19)11(9-12(10)18)15(21)23-6;1-2/h7-9H,1-6H3;1-2H3/b14-7-;. The molecular weight excluding hydrogens is 344 g/mol. The van der Waals surface area contributed by atoms with Gasteiger partial charge in [-0.3, -0.25) is 4.90 Å². The fourth-order valence-electron chi connectivity index (χ4n) is 1.97. The van der Waals surface area contributed by atoms with Crippen LogP contribution in [0, 0.1) is 11.6 Å². The van der Waals surface area contributed by atoms with E-state index in [0.717, 1.165) is 24.1 Å². The van der Waals surface area contributed by atoms with Crippen molar-refractivity contribution >= 4 is 17.8 Å². The van der Waals surface area contributed by atoms with Crippen molar-refractivity contribution in [2.24, 2.45) is 0 Å². The monoisotopic (exact) mass is 371 g/mol. The van der Waals surface area contributed by atoms with Gasteiger partial charge in [-0.1, -0.05) is 19.9 Å². The van der Waals surface area contributed by atoms with Crippen molar-refractivity contribution in [2.75, 3.05) is 14.2 Å². The van der Waals surface area contributed by atoms with E-state index in [9.17, 15) is 18.4 Å². The number of benzene rings is 1. The molecule has 1 aromatic carbocycles. The summed E-state index contributed by atoms with van der Waals surface area (Å²) in [5, 5.41) is 0. The van der Waals surface area contributed by atoms with Gasteiger partial charge >= 0.3 is 12.1 Å². The largest absolute Gasteiger partial charge is 0.465 e. The molecule has 0 aliphatic heterocycles. The van der Waals surface area contributed by atoms with Crippen LogP contribution in [0.2, 0.25) is 0 Å². The van der Waals surface area contributed by atoms with Crippen LogP contribution >= 0.6 is 0 Å². The number of ether oxygens (including phenoxy) is 2. The first kappa shape index (κ1) is 23.6. The highest BCUT2D eigenvalue weighted by molar-refractivity contribution is 5.90. The zero-order valence-corrected chi connectivity index (χ0v) is 16.6. The maximum absolute atomic E-state index is 14.3. The Kier molecular flexibility index (Phi) is 8.96. The molecule has 0 aliphatic rings. The van der Waals surface area contributed by atoms with Crippen molar-refractivity contribution < 1.29 is 27.8 Å². The van der Waals surface area contributed by atoms with Gasteiger partial charge in [-0.2, -0.15) is 0 Å². The third-order valence-corrected chi connectivity index (χ3v) is 3.04. The van der Waals surface area contributed by atoms with Gasteiger partial charge in [0.1, 0.15) is 17.2 Å². The molecule has 0 spiro atoms. The highest BCUT2D eigenvalue weighted by atomic mass is 19.1. The van der Waals surface area contributed by atoms with Gasteiger partial charge in [0, 0.05) is 12.6 Å². The molecule has 0 bridgehead atoms. The highest BCUT2D eigenvalue weighted by Crippen LogP contribution is 2.26. The Morgan fingerprint density at radius 3 is 1.96 bits per heavy atom. The summed E-state index contributed by atoms with van der Waals surface area (Å²) in [5.74, 6) is -2.80. The van der Waals surface area contributed by atoms with Gasteiger partial charge < -0.3 is 9.47 Å². The van der Waals surface area contributed by atoms with Crippen LogP contribution in [0.4, 0.5) is 13.6 Å². The molecule has 1 aromatic rings. The topological polar surface area (TPSA) is 55.8 Å². The molecule has 0 saturated heterocycles. The predicted octanol–water partition coefficient (Wildman–Crippen LogP) is 5.01. The number of rotatable bonds is 3. The molecule has 5 nitrogen and oxygen atoms in total. The second-order valence-corrected chi connectivity index (χ2v) is 6.02. The molecular formula is C19H27F2NO4. The van der Waals surface area contributed by atoms with E-state index in [4.69, 9.17) is 4.74 Å². The van der Waals surface area contributed by atoms with Crippen LogP contribution in [0.15, 0.2) is 18.2 Å². The first-order chi connectivity index (χ1) is 12.0. The van der Waals surface area contributed by atoms with Gasteiger partial charge in [-0.25, -0.2) is 18.4 Å². The van der Waals surface area contributed by atoms with Gasteiger partial charge in [-0.15, -0.1) is 0 Å². The molecule has 146 valence electrons. The van der Waals surface area contributed by atoms with E-state index >= 15 is 0 Å². The second kappa shape index (κ2) is 9.89. The predicted molar refractivity (Wildman–Crippen MR) is 96.7 cm³/mol. The molecule has 0 saturated carbocycles. The van der Waals surface area contributed by atoms with Crippen LogP contribution in [0.25, 0.3) is 5.70 Å². The molecule has 0 radical (unpaired) electrons. The summed E-state index contributed by atoms with van der Waals surface area (Å²) in [4.78, 5) is 24.6. The van der Waals surface area contributed by atoms with Gasteiger partial charge in [0.05, 0.1) is 18.4 Å². The van der Waals surface area contributed by atoms with E-state index in [2.05, 4.69) is 4.74 Å². The summed E-state index contributed by atoms with van der Waals surface area (Å²) in [7, 11) is 2.45.